The quantitative estimate of drug-likeness (QED) is 0.755. The van der Waals surface area contributed by atoms with Crippen molar-refractivity contribution in [2.24, 2.45) is 0 Å². The van der Waals surface area contributed by atoms with Crippen LogP contribution in [0.25, 0.3) is 0 Å². The highest BCUT2D eigenvalue weighted by Gasteiger charge is 2.16. The van der Waals surface area contributed by atoms with Crippen LogP contribution in [0.1, 0.15) is 17.4 Å². The summed E-state index contributed by atoms with van der Waals surface area (Å²) in [5.41, 5.74) is 1.21. The van der Waals surface area contributed by atoms with E-state index in [-0.39, 0.29) is 6.04 Å². The summed E-state index contributed by atoms with van der Waals surface area (Å²) < 4.78 is 11.0. The van der Waals surface area contributed by atoms with E-state index in [2.05, 4.69) is 48.8 Å². The first-order valence-electron chi connectivity index (χ1n) is 7.27. The molecule has 0 saturated carbocycles. The van der Waals surface area contributed by atoms with Crippen LogP contribution in [-0.4, -0.2) is 38.9 Å². The molecule has 0 aliphatic heterocycles. The van der Waals surface area contributed by atoms with Crippen LogP contribution in [0.3, 0.4) is 0 Å². The van der Waals surface area contributed by atoms with Gasteiger partial charge >= 0.3 is 0 Å². The Kier molecular flexibility index (Phi) is 6.36. The number of methoxy groups -OCH3 is 1. The lowest BCUT2D eigenvalue weighted by molar-refractivity contribution is 0.250. The Bertz CT molecular complexity index is 570. The van der Waals surface area contributed by atoms with Gasteiger partial charge in [-0.3, -0.25) is 4.90 Å². The zero-order valence-corrected chi connectivity index (χ0v) is 14.4. The number of likely N-dealkylation sites (N-methyl/N-ethyl adjacent to an activating group) is 1. The molecule has 1 atom stereocenters. The topological polar surface area (TPSA) is 37.6 Å². The fourth-order valence-corrected chi connectivity index (χ4v) is 2.91. The second kappa shape index (κ2) is 8.27. The molecular weight excluding hydrogens is 296 g/mol. The minimum Gasteiger partial charge on any atom is -0.496 e. The molecule has 120 valence electrons. The first-order chi connectivity index (χ1) is 10.7. The molecule has 0 amide bonds. The summed E-state index contributed by atoms with van der Waals surface area (Å²) in [5, 5.41) is 3.50. The Balaban J connectivity index is 1.95. The van der Waals surface area contributed by atoms with E-state index in [1.807, 2.05) is 12.1 Å². The average molecular weight is 320 g/mol. The largest absolute Gasteiger partial charge is 0.496 e. The van der Waals surface area contributed by atoms with Crippen molar-refractivity contribution in [2.75, 3.05) is 34.0 Å². The molecule has 0 aliphatic rings. The van der Waals surface area contributed by atoms with Gasteiger partial charge in [0.15, 0.2) is 0 Å². The molecule has 0 radical (unpaired) electrons. The molecule has 2 rings (SSSR count). The van der Waals surface area contributed by atoms with Crippen molar-refractivity contribution in [1.29, 1.82) is 0 Å². The third-order valence-electron chi connectivity index (χ3n) is 3.61. The summed E-state index contributed by atoms with van der Waals surface area (Å²) in [6.07, 6.45) is 3.78. The Hall–Kier alpha value is -1.43. The normalized spacial score (nSPS) is 12.6. The predicted molar refractivity (Wildman–Crippen MR) is 91.6 cm³/mol. The molecule has 0 spiro atoms. The Morgan fingerprint density at radius 3 is 2.73 bits per heavy atom. The van der Waals surface area contributed by atoms with Crippen molar-refractivity contribution in [3.63, 3.8) is 0 Å². The van der Waals surface area contributed by atoms with Gasteiger partial charge in [-0.15, -0.1) is 11.8 Å². The van der Waals surface area contributed by atoms with Crippen LogP contribution in [-0.2, 0) is 6.54 Å². The van der Waals surface area contributed by atoms with E-state index in [1.54, 1.807) is 25.1 Å². The van der Waals surface area contributed by atoms with Gasteiger partial charge < -0.3 is 14.5 Å². The van der Waals surface area contributed by atoms with Gasteiger partial charge in [-0.05, 0) is 50.2 Å². The second-order valence-corrected chi connectivity index (χ2v) is 6.16. The highest BCUT2D eigenvalue weighted by molar-refractivity contribution is 7.98. The van der Waals surface area contributed by atoms with Crippen LogP contribution >= 0.6 is 11.8 Å². The third-order valence-corrected chi connectivity index (χ3v) is 4.39. The monoisotopic (exact) mass is 320 g/mol. The number of furan rings is 1. The van der Waals surface area contributed by atoms with E-state index >= 15 is 0 Å². The van der Waals surface area contributed by atoms with E-state index in [1.165, 1.54) is 5.56 Å². The molecule has 0 aliphatic carbocycles. The molecule has 0 fully saturated rings. The van der Waals surface area contributed by atoms with E-state index < -0.39 is 0 Å². The molecule has 4 nitrogen and oxygen atoms in total. The fourth-order valence-electron chi connectivity index (χ4n) is 2.36. The fraction of sp³-hybridized carbons (Fsp3) is 0.412. The summed E-state index contributed by atoms with van der Waals surface area (Å²) >= 11 is 1.70. The smallest absolute Gasteiger partial charge is 0.132 e. The lowest BCUT2D eigenvalue weighted by Crippen LogP contribution is -2.30. The zero-order valence-electron chi connectivity index (χ0n) is 13.6. The van der Waals surface area contributed by atoms with Gasteiger partial charge in [-0.25, -0.2) is 0 Å². The lowest BCUT2D eigenvalue weighted by Gasteiger charge is -2.22. The average Bonchev–Trinajstić information content (AvgIpc) is 3.04. The molecule has 2 aromatic rings. The van der Waals surface area contributed by atoms with Crippen molar-refractivity contribution < 1.29 is 9.15 Å². The number of nitrogens with zero attached hydrogens (tertiary/aromatic N) is 1. The van der Waals surface area contributed by atoms with Gasteiger partial charge in [0, 0.05) is 18.0 Å². The van der Waals surface area contributed by atoms with E-state index in [4.69, 9.17) is 9.15 Å². The van der Waals surface area contributed by atoms with Crippen molar-refractivity contribution in [1.82, 2.24) is 10.2 Å². The van der Waals surface area contributed by atoms with Crippen molar-refractivity contribution in [3.05, 3.63) is 47.9 Å². The maximum Gasteiger partial charge on any atom is 0.132 e. The Labute approximate surface area is 136 Å². The van der Waals surface area contributed by atoms with Gasteiger partial charge in [0.2, 0.25) is 0 Å². The number of hydrogen-bond acceptors (Lipinski definition) is 5. The van der Waals surface area contributed by atoms with E-state index in [0.717, 1.165) is 29.5 Å². The molecule has 22 heavy (non-hydrogen) atoms. The van der Waals surface area contributed by atoms with Crippen LogP contribution in [0, 0.1) is 0 Å². The second-order valence-electron chi connectivity index (χ2n) is 5.32. The molecule has 1 aromatic heterocycles. The van der Waals surface area contributed by atoms with Crippen LogP contribution in [0.4, 0.5) is 0 Å². The van der Waals surface area contributed by atoms with Gasteiger partial charge in [-0.1, -0.05) is 6.07 Å². The summed E-state index contributed by atoms with van der Waals surface area (Å²) in [5.74, 6) is 1.91. The highest BCUT2D eigenvalue weighted by atomic mass is 32.2. The minimum atomic E-state index is 0.224. The van der Waals surface area contributed by atoms with Crippen LogP contribution in [0.5, 0.6) is 5.75 Å². The number of thioether (sulfide) groups is 1. The molecular formula is C17H24N2O2S. The number of nitrogens with one attached hydrogen (secondary N) is 1. The first kappa shape index (κ1) is 16.9. The predicted octanol–water partition coefficient (Wildman–Crippen LogP) is 3.40. The van der Waals surface area contributed by atoms with E-state index in [9.17, 15) is 0 Å². The zero-order chi connectivity index (χ0) is 15.9. The first-order valence-corrected chi connectivity index (χ1v) is 8.49. The maximum atomic E-state index is 5.52. The molecule has 1 aromatic carbocycles. The Morgan fingerprint density at radius 2 is 2.14 bits per heavy atom. The molecule has 0 bridgehead atoms. The van der Waals surface area contributed by atoms with Crippen LogP contribution in [0.2, 0.25) is 0 Å². The van der Waals surface area contributed by atoms with Crippen molar-refractivity contribution in [2.45, 2.75) is 17.5 Å². The number of ether oxygens (including phenoxy) is 1. The SMILES string of the molecule is COc1cc(CNCC(c2ccco2)N(C)C)ccc1SC. The Morgan fingerprint density at radius 1 is 1.32 bits per heavy atom. The number of hydrogen-bond donors (Lipinski definition) is 1. The number of rotatable bonds is 8. The highest BCUT2D eigenvalue weighted by Crippen LogP contribution is 2.28. The molecule has 5 heteroatoms. The minimum absolute atomic E-state index is 0.224. The maximum absolute atomic E-state index is 5.52. The lowest BCUT2D eigenvalue weighted by atomic mass is 10.2. The molecule has 1 unspecified atom stereocenters. The standard InChI is InChI=1S/C17H24N2O2S/c1-19(2)14(15-6-5-9-21-15)12-18-11-13-7-8-17(22-4)16(10-13)20-3/h5-10,14,18H,11-12H2,1-4H3. The van der Waals surface area contributed by atoms with E-state index in [0.29, 0.717) is 0 Å². The van der Waals surface area contributed by atoms with Gasteiger partial charge in [0.05, 0.1) is 19.4 Å². The van der Waals surface area contributed by atoms with Gasteiger partial charge in [0.25, 0.3) is 0 Å². The number of benzene rings is 1. The summed E-state index contributed by atoms with van der Waals surface area (Å²) in [6.45, 7) is 1.63. The van der Waals surface area contributed by atoms with Crippen LogP contribution in [0.15, 0.2) is 45.9 Å². The third kappa shape index (κ3) is 4.29. The summed E-state index contributed by atoms with van der Waals surface area (Å²) in [6, 6.07) is 10.5. The van der Waals surface area contributed by atoms with Crippen molar-refractivity contribution in [3.8, 4) is 5.75 Å². The summed E-state index contributed by atoms with van der Waals surface area (Å²) in [7, 11) is 5.83. The van der Waals surface area contributed by atoms with Crippen molar-refractivity contribution >= 4 is 11.8 Å². The summed E-state index contributed by atoms with van der Waals surface area (Å²) in [4.78, 5) is 3.32. The van der Waals surface area contributed by atoms with Gasteiger partial charge in [0.1, 0.15) is 11.5 Å². The molecule has 1 N–H and O–H groups in total. The van der Waals surface area contributed by atoms with Crippen LogP contribution < -0.4 is 10.1 Å². The van der Waals surface area contributed by atoms with Gasteiger partial charge in [-0.2, -0.15) is 0 Å². The molecule has 1 heterocycles. The molecule has 0 saturated heterocycles.